The number of benzene rings is 3. The molecule has 0 aliphatic heterocycles. The second-order valence-corrected chi connectivity index (χ2v) is 8.60. The third kappa shape index (κ3) is 6.30. The highest BCUT2D eigenvalue weighted by molar-refractivity contribution is 5.88. The van der Waals surface area contributed by atoms with Crippen LogP contribution in [-0.4, -0.2) is 11.9 Å². The molecule has 33 heavy (non-hydrogen) atoms. The molecule has 3 aromatic rings. The van der Waals surface area contributed by atoms with Crippen LogP contribution in [0.1, 0.15) is 31.9 Å². The minimum Gasteiger partial charge on any atom is -0.423 e. The van der Waals surface area contributed by atoms with Gasteiger partial charge in [0.1, 0.15) is 11.5 Å². The number of esters is 2. The molecule has 0 unspecified atom stereocenters. The van der Waals surface area contributed by atoms with E-state index >= 15 is 0 Å². The maximum Gasteiger partial charge on any atom is 0.338 e. The molecular weight excluding hydrogens is 412 g/mol. The maximum absolute atomic E-state index is 11.6. The zero-order valence-corrected chi connectivity index (χ0v) is 19.3. The van der Waals surface area contributed by atoms with Crippen molar-refractivity contribution in [3.63, 3.8) is 0 Å². The van der Waals surface area contributed by atoms with E-state index in [4.69, 9.17) is 9.47 Å². The van der Waals surface area contributed by atoms with Crippen LogP contribution in [0.3, 0.4) is 0 Å². The van der Waals surface area contributed by atoms with Gasteiger partial charge in [-0.05, 0) is 65.3 Å². The van der Waals surface area contributed by atoms with Gasteiger partial charge in [-0.25, -0.2) is 9.59 Å². The largest absolute Gasteiger partial charge is 0.423 e. The molecule has 0 saturated carbocycles. The lowest BCUT2D eigenvalue weighted by molar-refractivity contribution is -0.130. The molecule has 0 aliphatic rings. The third-order valence-electron chi connectivity index (χ3n) is 5.37. The van der Waals surface area contributed by atoms with E-state index in [2.05, 4.69) is 51.3 Å². The second-order valence-electron chi connectivity index (χ2n) is 8.60. The number of rotatable bonds is 8. The minimum absolute atomic E-state index is 0.0999. The molecule has 0 N–H and O–H groups in total. The Labute approximate surface area is 195 Å². The van der Waals surface area contributed by atoms with Gasteiger partial charge in [-0.2, -0.15) is 0 Å². The van der Waals surface area contributed by atoms with Crippen LogP contribution in [-0.2, 0) is 21.4 Å². The summed E-state index contributed by atoms with van der Waals surface area (Å²) < 4.78 is 10.4. The second kappa shape index (κ2) is 10.1. The molecule has 3 aromatic carbocycles. The third-order valence-corrected chi connectivity index (χ3v) is 5.37. The first-order chi connectivity index (χ1) is 15.7. The van der Waals surface area contributed by atoms with Crippen LogP contribution in [0.4, 0.5) is 0 Å². The lowest BCUT2D eigenvalue weighted by Gasteiger charge is -2.26. The van der Waals surface area contributed by atoms with Crippen LogP contribution in [0.25, 0.3) is 11.1 Å². The molecule has 0 saturated heterocycles. The molecule has 0 heterocycles. The average Bonchev–Trinajstić information content (AvgIpc) is 2.80. The fourth-order valence-electron chi connectivity index (χ4n) is 3.47. The van der Waals surface area contributed by atoms with Gasteiger partial charge < -0.3 is 9.47 Å². The van der Waals surface area contributed by atoms with Crippen LogP contribution in [0.15, 0.2) is 97.6 Å². The Morgan fingerprint density at radius 2 is 1.30 bits per heavy atom. The van der Waals surface area contributed by atoms with E-state index in [9.17, 15) is 9.59 Å². The summed E-state index contributed by atoms with van der Waals surface area (Å²) in [5.74, 6) is 0.103. The summed E-state index contributed by atoms with van der Waals surface area (Å²) in [5, 5.41) is 0. The summed E-state index contributed by atoms with van der Waals surface area (Å²) in [6, 6.07) is 23.5. The molecule has 0 fully saturated rings. The van der Waals surface area contributed by atoms with Gasteiger partial charge in [-0.1, -0.05) is 75.5 Å². The van der Waals surface area contributed by atoms with Crippen molar-refractivity contribution in [2.24, 2.45) is 0 Å². The van der Waals surface area contributed by atoms with Crippen molar-refractivity contribution >= 4 is 11.9 Å². The zero-order valence-electron chi connectivity index (χ0n) is 19.3. The number of hydrogen-bond acceptors (Lipinski definition) is 4. The highest BCUT2D eigenvalue weighted by Gasteiger charge is 2.21. The molecular formula is C29H28O4. The van der Waals surface area contributed by atoms with Crippen molar-refractivity contribution in [1.82, 2.24) is 0 Å². The molecule has 0 atom stereocenters. The van der Waals surface area contributed by atoms with Gasteiger partial charge in [0.05, 0.1) is 0 Å². The lowest BCUT2D eigenvalue weighted by Crippen LogP contribution is -2.20. The van der Waals surface area contributed by atoms with E-state index in [0.29, 0.717) is 17.1 Å². The summed E-state index contributed by atoms with van der Waals surface area (Å²) >= 11 is 0. The standard InChI is InChI=1S/C29H28O4/c1-6-27(30)32-25-17-13-24(14-18-25)29(4,5)19-21-7-9-22(10-8-21)23-11-15-26(16-12-23)33-28(31)20(2)3/h6-18H,1-2,19H2,3-5H3. The van der Waals surface area contributed by atoms with Gasteiger partial charge in [0.15, 0.2) is 0 Å². The molecule has 0 radical (unpaired) electrons. The van der Waals surface area contributed by atoms with Gasteiger partial charge in [-0.15, -0.1) is 0 Å². The van der Waals surface area contributed by atoms with Crippen LogP contribution in [0.2, 0.25) is 0 Å². The molecule has 4 nitrogen and oxygen atoms in total. The fourth-order valence-corrected chi connectivity index (χ4v) is 3.47. The van der Waals surface area contributed by atoms with E-state index in [1.807, 2.05) is 24.3 Å². The molecule has 3 rings (SSSR count). The monoisotopic (exact) mass is 440 g/mol. The topological polar surface area (TPSA) is 52.6 Å². The summed E-state index contributed by atoms with van der Waals surface area (Å²) in [5.41, 5.74) is 4.77. The molecule has 0 aliphatic carbocycles. The number of hydrogen-bond donors (Lipinski definition) is 0. The van der Waals surface area contributed by atoms with Gasteiger partial charge in [0.25, 0.3) is 0 Å². The quantitative estimate of drug-likeness (QED) is 0.230. The van der Waals surface area contributed by atoms with E-state index in [0.717, 1.165) is 29.2 Å². The number of carbonyl (C=O) groups excluding carboxylic acids is 2. The van der Waals surface area contributed by atoms with Crippen molar-refractivity contribution in [2.45, 2.75) is 32.6 Å². The van der Waals surface area contributed by atoms with E-state index in [-0.39, 0.29) is 5.41 Å². The highest BCUT2D eigenvalue weighted by atomic mass is 16.5. The van der Waals surface area contributed by atoms with E-state index in [1.165, 1.54) is 5.56 Å². The Balaban J connectivity index is 1.67. The normalized spacial score (nSPS) is 10.9. The first-order valence-corrected chi connectivity index (χ1v) is 10.7. The Hall–Kier alpha value is -3.92. The molecule has 0 spiro atoms. The van der Waals surface area contributed by atoms with Crippen LogP contribution >= 0.6 is 0 Å². The van der Waals surface area contributed by atoms with Crippen LogP contribution in [0, 0.1) is 0 Å². The first-order valence-electron chi connectivity index (χ1n) is 10.7. The Morgan fingerprint density at radius 1 is 0.818 bits per heavy atom. The smallest absolute Gasteiger partial charge is 0.338 e. The van der Waals surface area contributed by atoms with Gasteiger partial charge >= 0.3 is 11.9 Å². The van der Waals surface area contributed by atoms with Crippen molar-refractivity contribution in [3.8, 4) is 22.6 Å². The fraction of sp³-hybridized carbons (Fsp3) is 0.172. The van der Waals surface area contributed by atoms with Crippen molar-refractivity contribution < 1.29 is 19.1 Å². The summed E-state index contributed by atoms with van der Waals surface area (Å²) in [4.78, 5) is 23.0. The first kappa shape index (κ1) is 23.7. The molecule has 4 heteroatoms. The molecule has 168 valence electrons. The van der Waals surface area contributed by atoms with Crippen LogP contribution < -0.4 is 9.47 Å². The lowest BCUT2D eigenvalue weighted by atomic mass is 9.79. The Kier molecular flexibility index (Phi) is 7.29. The minimum atomic E-state index is -0.468. The predicted octanol–water partition coefficient (Wildman–Crippen LogP) is 6.45. The predicted molar refractivity (Wildman–Crippen MR) is 131 cm³/mol. The molecule has 0 bridgehead atoms. The van der Waals surface area contributed by atoms with Gasteiger partial charge in [0, 0.05) is 11.6 Å². The van der Waals surface area contributed by atoms with Gasteiger partial charge in [0.2, 0.25) is 0 Å². The highest BCUT2D eigenvalue weighted by Crippen LogP contribution is 2.30. The molecule has 0 amide bonds. The number of ether oxygens (including phenoxy) is 2. The zero-order chi connectivity index (χ0) is 24.0. The van der Waals surface area contributed by atoms with Crippen LogP contribution in [0.5, 0.6) is 11.5 Å². The maximum atomic E-state index is 11.6. The Morgan fingerprint density at radius 3 is 1.82 bits per heavy atom. The van der Waals surface area contributed by atoms with Crippen molar-refractivity contribution in [1.29, 1.82) is 0 Å². The summed E-state index contributed by atoms with van der Waals surface area (Å²) in [7, 11) is 0. The summed E-state index contributed by atoms with van der Waals surface area (Å²) in [6.07, 6.45) is 2.00. The number of carbonyl (C=O) groups is 2. The molecule has 0 aromatic heterocycles. The van der Waals surface area contributed by atoms with Gasteiger partial charge in [-0.3, -0.25) is 0 Å². The Bertz CT molecular complexity index is 1150. The van der Waals surface area contributed by atoms with Crippen molar-refractivity contribution in [3.05, 3.63) is 109 Å². The summed E-state index contributed by atoms with van der Waals surface area (Å²) in [6.45, 7) is 13.0. The average molecular weight is 441 g/mol. The SMILES string of the molecule is C=CC(=O)Oc1ccc(C(C)(C)Cc2ccc(-c3ccc(OC(=O)C(=C)C)cc3)cc2)cc1. The van der Waals surface area contributed by atoms with Crippen molar-refractivity contribution in [2.75, 3.05) is 0 Å². The van der Waals surface area contributed by atoms with E-state index < -0.39 is 11.9 Å². The van der Waals surface area contributed by atoms with E-state index in [1.54, 1.807) is 31.2 Å².